The van der Waals surface area contributed by atoms with E-state index in [4.69, 9.17) is 0 Å². The van der Waals surface area contributed by atoms with Crippen LogP contribution in [0.5, 0.6) is 0 Å². The van der Waals surface area contributed by atoms with Gasteiger partial charge in [0.2, 0.25) is 0 Å². The molecule has 12 heavy (non-hydrogen) atoms. The highest BCUT2D eigenvalue weighted by Gasteiger charge is 2.42. The third-order valence-corrected chi connectivity index (χ3v) is 3.29. The van der Waals surface area contributed by atoms with Crippen molar-refractivity contribution >= 4 is 0 Å². The van der Waals surface area contributed by atoms with Gasteiger partial charge in [-0.2, -0.15) is 0 Å². The minimum absolute atomic E-state index is 0.255. The summed E-state index contributed by atoms with van der Waals surface area (Å²) < 4.78 is 0. The van der Waals surface area contributed by atoms with Crippen LogP contribution in [0.1, 0.15) is 40.0 Å². The van der Waals surface area contributed by atoms with Crippen LogP contribution >= 0.6 is 0 Å². The fraction of sp³-hybridized carbons (Fsp3) is 1.00. The summed E-state index contributed by atoms with van der Waals surface area (Å²) in [6, 6.07) is 0.576. The largest absolute Gasteiger partial charge is 0.378 e. The molecule has 0 radical (unpaired) electrons. The summed E-state index contributed by atoms with van der Waals surface area (Å²) in [5, 5.41) is 9.62. The zero-order chi connectivity index (χ0) is 9.35. The van der Waals surface area contributed by atoms with E-state index in [0.717, 1.165) is 6.42 Å². The molecule has 2 unspecified atom stereocenters. The van der Waals surface area contributed by atoms with Gasteiger partial charge >= 0.3 is 0 Å². The molecular formula is C10H21NO. The molecule has 1 saturated carbocycles. The van der Waals surface area contributed by atoms with E-state index in [9.17, 15) is 5.11 Å². The average molecular weight is 171 g/mol. The van der Waals surface area contributed by atoms with Crippen LogP contribution in [0.3, 0.4) is 0 Å². The fourth-order valence-electron chi connectivity index (χ4n) is 2.10. The summed E-state index contributed by atoms with van der Waals surface area (Å²) in [5.41, 5.74) is 0.408. The second-order valence-electron chi connectivity index (χ2n) is 4.60. The van der Waals surface area contributed by atoms with Crippen LogP contribution in [0, 0.1) is 5.41 Å². The fourth-order valence-corrected chi connectivity index (χ4v) is 2.10. The van der Waals surface area contributed by atoms with Crippen LogP contribution in [-0.2, 0) is 0 Å². The lowest BCUT2D eigenvalue weighted by Gasteiger charge is -2.50. The predicted octanol–water partition coefficient (Wildman–Crippen LogP) is 1.84. The first-order valence-corrected chi connectivity index (χ1v) is 4.89. The highest BCUT2D eigenvalue weighted by Crippen LogP contribution is 2.43. The predicted molar refractivity (Wildman–Crippen MR) is 50.9 cm³/mol. The van der Waals surface area contributed by atoms with Crippen LogP contribution in [0.2, 0.25) is 0 Å². The molecule has 1 aliphatic carbocycles. The SMILES string of the molecule is CCC(O)N(C)C1CCC1(C)C. The monoisotopic (exact) mass is 171 g/mol. The highest BCUT2D eigenvalue weighted by atomic mass is 16.3. The number of hydrogen-bond donors (Lipinski definition) is 1. The van der Waals surface area contributed by atoms with Gasteiger partial charge in [-0.05, 0) is 31.7 Å². The molecule has 1 N–H and O–H groups in total. The van der Waals surface area contributed by atoms with Crippen molar-refractivity contribution < 1.29 is 5.11 Å². The number of aliphatic hydroxyl groups is 1. The van der Waals surface area contributed by atoms with E-state index in [2.05, 4.69) is 18.7 Å². The van der Waals surface area contributed by atoms with Gasteiger partial charge in [-0.1, -0.05) is 20.8 Å². The lowest BCUT2D eigenvalue weighted by Crippen LogP contribution is -2.54. The minimum Gasteiger partial charge on any atom is -0.378 e. The summed E-state index contributed by atoms with van der Waals surface area (Å²) in [5.74, 6) is 0. The first-order valence-electron chi connectivity index (χ1n) is 4.89. The molecule has 0 aromatic carbocycles. The van der Waals surface area contributed by atoms with E-state index in [1.807, 2.05) is 14.0 Å². The molecule has 1 aliphatic rings. The van der Waals surface area contributed by atoms with E-state index in [0.29, 0.717) is 11.5 Å². The molecule has 0 aromatic rings. The van der Waals surface area contributed by atoms with Crippen LogP contribution in [-0.4, -0.2) is 29.3 Å². The summed E-state index contributed by atoms with van der Waals surface area (Å²) in [7, 11) is 2.03. The molecule has 1 rings (SSSR count). The van der Waals surface area contributed by atoms with Crippen molar-refractivity contribution in [2.24, 2.45) is 5.41 Å². The molecular weight excluding hydrogens is 150 g/mol. The Hall–Kier alpha value is -0.0800. The van der Waals surface area contributed by atoms with E-state index in [1.165, 1.54) is 12.8 Å². The molecule has 0 aliphatic heterocycles. The van der Waals surface area contributed by atoms with Crippen LogP contribution in [0.4, 0.5) is 0 Å². The summed E-state index contributed by atoms with van der Waals surface area (Å²) in [6.07, 6.45) is 3.09. The summed E-state index contributed by atoms with van der Waals surface area (Å²) in [4.78, 5) is 2.11. The van der Waals surface area contributed by atoms with Crippen molar-refractivity contribution in [2.45, 2.75) is 52.3 Å². The van der Waals surface area contributed by atoms with Gasteiger partial charge in [0, 0.05) is 6.04 Å². The van der Waals surface area contributed by atoms with Gasteiger partial charge in [0.25, 0.3) is 0 Å². The molecule has 0 heterocycles. The lowest BCUT2D eigenvalue weighted by molar-refractivity contribution is -0.0827. The third kappa shape index (κ3) is 1.64. The first kappa shape index (κ1) is 10.0. The average Bonchev–Trinajstić information content (AvgIpc) is 2.01. The van der Waals surface area contributed by atoms with Gasteiger partial charge in [-0.3, -0.25) is 4.90 Å². The van der Waals surface area contributed by atoms with Gasteiger partial charge < -0.3 is 5.11 Å². The van der Waals surface area contributed by atoms with Crippen molar-refractivity contribution in [2.75, 3.05) is 7.05 Å². The van der Waals surface area contributed by atoms with E-state index in [-0.39, 0.29) is 6.23 Å². The Morgan fingerprint density at radius 3 is 2.42 bits per heavy atom. The molecule has 0 amide bonds. The zero-order valence-electron chi connectivity index (χ0n) is 8.67. The second kappa shape index (κ2) is 3.35. The zero-order valence-corrected chi connectivity index (χ0v) is 8.67. The molecule has 72 valence electrons. The quantitative estimate of drug-likeness (QED) is 0.655. The molecule has 0 saturated heterocycles. The maximum absolute atomic E-state index is 9.62. The van der Waals surface area contributed by atoms with Crippen molar-refractivity contribution in [1.82, 2.24) is 4.90 Å². The Morgan fingerprint density at radius 2 is 2.17 bits per heavy atom. The van der Waals surface area contributed by atoms with Crippen molar-refractivity contribution in [3.63, 3.8) is 0 Å². The van der Waals surface area contributed by atoms with Crippen LogP contribution in [0.25, 0.3) is 0 Å². The smallest absolute Gasteiger partial charge is 0.107 e. The Bertz CT molecular complexity index is 156. The highest BCUT2D eigenvalue weighted by molar-refractivity contribution is 4.95. The third-order valence-electron chi connectivity index (χ3n) is 3.29. The summed E-state index contributed by atoms with van der Waals surface area (Å²) in [6.45, 7) is 6.58. The molecule has 1 fully saturated rings. The van der Waals surface area contributed by atoms with Gasteiger partial charge in [-0.25, -0.2) is 0 Å². The minimum atomic E-state index is -0.255. The summed E-state index contributed by atoms with van der Waals surface area (Å²) >= 11 is 0. The number of aliphatic hydroxyl groups excluding tert-OH is 1. The number of rotatable bonds is 3. The van der Waals surface area contributed by atoms with Gasteiger partial charge in [-0.15, -0.1) is 0 Å². The molecule has 0 aromatic heterocycles. The Labute approximate surface area is 75.6 Å². The molecule has 2 heteroatoms. The molecule has 0 spiro atoms. The standard InChI is InChI=1S/C10H21NO/c1-5-9(12)11(4)8-6-7-10(8,2)3/h8-9,12H,5-7H2,1-4H3. The normalized spacial score (nSPS) is 30.0. The maximum Gasteiger partial charge on any atom is 0.107 e. The van der Waals surface area contributed by atoms with Gasteiger partial charge in [0.05, 0.1) is 0 Å². The molecule has 2 atom stereocenters. The molecule has 2 nitrogen and oxygen atoms in total. The van der Waals surface area contributed by atoms with E-state index < -0.39 is 0 Å². The Morgan fingerprint density at radius 1 is 1.58 bits per heavy atom. The van der Waals surface area contributed by atoms with Crippen molar-refractivity contribution in [1.29, 1.82) is 0 Å². The molecule has 0 bridgehead atoms. The van der Waals surface area contributed by atoms with Crippen molar-refractivity contribution in [3.05, 3.63) is 0 Å². The van der Waals surface area contributed by atoms with Crippen molar-refractivity contribution in [3.8, 4) is 0 Å². The van der Waals surface area contributed by atoms with Crippen LogP contribution < -0.4 is 0 Å². The second-order valence-corrected chi connectivity index (χ2v) is 4.60. The topological polar surface area (TPSA) is 23.5 Å². The first-order chi connectivity index (χ1) is 5.49. The Kier molecular flexibility index (Phi) is 2.79. The number of hydrogen-bond acceptors (Lipinski definition) is 2. The Balaban J connectivity index is 2.48. The lowest BCUT2D eigenvalue weighted by atomic mass is 9.66. The number of nitrogens with zero attached hydrogens (tertiary/aromatic N) is 1. The maximum atomic E-state index is 9.62. The van der Waals surface area contributed by atoms with Gasteiger partial charge in [0.15, 0.2) is 0 Å². The van der Waals surface area contributed by atoms with Crippen LogP contribution in [0.15, 0.2) is 0 Å². The van der Waals surface area contributed by atoms with E-state index in [1.54, 1.807) is 0 Å². The van der Waals surface area contributed by atoms with Gasteiger partial charge in [0.1, 0.15) is 6.23 Å². The van der Waals surface area contributed by atoms with E-state index >= 15 is 0 Å².